The Hall–Kier alpha value is -1.77. The predicted octanol–water partition coefficient (Wildman–Crippen LogP) is 5.28. The molecular formula is C17H14Cl2N2. The average molecular weight is 317 g/mol. The van der Waals surface area contributed by atoms with Crippen molar-refractivity contribution in [1.82, 2.24) is 9.97 Å². The number of nitrogens with zero attached hydrogens (tertiary/aromatic N) is 1. The van der Waals surface area contributed by atoms with Gasteiger partial charge in [-0.3, -0.25) is 0 Å². The molecule has 3 rings (SSSR count). The first-order valence-corrected chi connectivity index (χ1v) is 7.42. The molecule has 0 aliphatic carbocycles. The highest BCUT2D eigenvalue weighted by Crippen LogP contribution is 2.29. The number of H-pyrrole nitrogens is 1. The van der Waals surface area contributed by atoms with Crippen molar-refractivity contribution >= 4 is 23.2 Å². The third-order valence-corrected chi connectivity index (χ3v) is 3.89. The Bertz CT molecular complexity index is 761. The predicted molar refractivity (Wildman–Crippen MR) is 88.0 cm³/mol. The lowest BCUT2D eigenvalue weighted by Crippen LogP contribution is -1.91. The number of aromatic nitrogens is 2. The summed E-state index contributed by atoms with van der Waals surface area (Å²) in [4.78, 5) is 7.74. The second kappa shape index (κ2) is 5.92. The molecule has 0 radical (unpaired) electrons. The highest BCUT2D eigenvalue weighted by molar-refractivity contribution is 6.36. The van der Waals surface area contributed by atoms with Crippen molar-refractivity contribution in [2.75, 3.05) is 0 Å². The Morgan fingerprint density at radius 2 is 1.81 bits per heavy atom. The van der Waals surface area contributed by atoms with E-state index in [1.165, 1.54) is 11.1 Å². The number of nitrogens with one attached hydrogen (secondary N) is 1. The van der Waals surface area contributed by atoms with Gasteiger partial charge in [-0.05, 0) is 30.7 Å². The van der Waals surface area contributed by atoms with Crippen molar-refractivity contribution in [3.8, 4) is 11.3 Å². The fourth-order valence-electron chi connectivity index (χ4n) is 2.20. The van der Waals surface area contributed by atoms with E-state index >= 15 is 0 Å². The van der Waals surface area contributed by atoms with E-state index in [4.69, 9.17) is 23.2 Å². The van der Waals surface area contributed by atoms with Crippen LogP contribution in [0.25, 0.3) is 11.3 Å². The van der Waals surface area contributed by atoms with Crippen molar-refractivity contribution < 1.29 is 0 Å². The summed E-state index contributed by atoms with van der Waals surface area (Å²) in [6.07, 6.45) is 2.57. The van der Waals surface area contributed by atoms with E-state index in [2.05, 4.69) is 41.2 Å². The highest BCUT2D eigenvalue weighted by atomic mass is 35.5. The van der Waals surface area contributed by atoms with Gasteiger partial charge in [0.2, 0.25) is 0 Å². The second-order valence-electron chi connectivity index (χ2n) is 5.03. The van der Waals surface area contributed by atoms with Gasteiger partial charge in [-0.2, -0.15) is 0 Å². The number of halogens is 2. The standard InChI is InChI=1S/C17H14Cl2N2/c1-11-2-4-12(5-3-11)8-17-20-10-16(21-17)14-7-6-13(18)9-15(14)19/h2-7,9-10H,8H2,1H3,(H,20,21). The molecule has 1 N–H and O–H groups in total. The Balaban J connectivity index is 1.84. The van der Waals surface area contributed by atoms with Crippen molar-refractivity contribution in [1.29, 1.82) is 0 Å². The van der Waals surface area contributed by atoms with Crippen LogP contribution in [0.3, 0.4) is 0 Å². The number of aromatic amines is 1. The lowest BCUT2D eigenvalue weighted by molar-refractivity contribution is 1.03. The molecule has 1 heterocycles. The monoisotopic (exact) mass is 316 g/mol. The normalized spacial score (nSPS) is 10.8. The third kappa shape index (κ3) is 3.29. The van der Waals surface area contributed by atoms with Crippen LogP contribution in [0.2, 0.25) is 10.0 Å². The minimum absolute atomic E-state index is 0.619. The maximum absolute atomic E-state index is 6.22. The molecule has 106 valence electrons. The summed E-state index contributed by atoms with van der Waals surface area (Å²) in [7, 11) is 0. The third-order valence-electron chi connectivity index (χ3n) is 3.34. The van der Waals surface area contributed by atoms with Crippen molar-refractivity contribution in [2.45, 2.75) is 13.3 Å². The van der Waals surface area contributed by atoms with Crippen LogP contribution < -0.4 is 0 Å². The van der Waals surface area contributed by atoms with Crippen LogP contribution in [0.4, 0.5) is 0 Å². The summed E-state index contributed by atoms with van der Waals surface area (Å²) in [5.74, 6) is 0.917. The smallest absolute Gasteiger partial charge is 0.110 e. The zero-order valence-electron chi connectivity index (χ0n) is 11.5. The van der Waals surface area contributed by atoms with Crippen molar-refractivity contribution in [3.05, 3.63) is 75.7 Å². The van der Waals surface area contributed by atoms with Gasteiger partial charge in [0.15, 0.2) is 0 Å². The van der Waals surface area contributed by atoms with Gasteiger partial charge >= 0.3 is 0 Å². The molecule has 2 aromatic carbocycles. The zero-order chi connectivity index (χ0) is 14.8. The first kappa shape index (κ1) is 14.2. The van der Waals surface area contributed by atoms with Crippen LogP contribution >= 0.6 is 23.2 Å². The number of hydrogen-bond acceptors (Lipinski definition) is 1. The summed E-state index contributed by atoms with van der Waals surface area (Å²) in [6.45, 7) is 2.08. The molecule has 0 saturated heterocycles. The first-order chi connectivity index (χ1) is 10.1. The summed E-state index contributed by atoms with van der Waals surface area (Å²) in [5.41, 5.74) is 4.29. The summed E-state index contributed by atoms with van der Waals surface area (Å²) in [6, 6.07) is 13.9. The number of benzene rings is 2. The number of aryl methyl sites for hydroxylation is 1. The van der Waals surface area contributed by atoms with Crippen LogP contribution in [0.1, 0.15) is 17.0 Å². The lowest BCUT2D eigenvalue weighted by Gasteiger charge is -2.02. The number of imidazole rings is 1. The molecule has 0 saturated carbocycles. The maximum Gasteiger partial charge on any atom is 0.110 e. The summed E-state index contributed by atoms with van der Waals surface area (Å²) >= 11 is 12.1. The van der Waals surface area contributed by atoms with E-state index in [-0.39, 0.29) is 0 Å². The topological polar surface area (TPSA) is 28.7 Å². The van der Waals surface area contributed by atoms with Gasteiger partial charge in [-0.25, -0.2) is 4.98 Å². The van der Waals surface area contributed by atoms with Gasteiger partial charge in [0, 0.05) is 17.0 Å². The SMILES string of the molecule is Cc1ccc(Cc2ncc(-c3ccc(Cl)cc3Cl)[nH]2)cc1. The average Bonchev–Trinajstić information content (AvgIpc) is 2.90. The van der Waals surface area contributed by atoms with Crippen molar-refractivity contribution in [2.24, 2.45) is 0 Å². The maximum atomic E-state index is 6.22. The van der Waals surface area contributed by atoms with Crippen LogP contribution in [-0.2, 0) is 6.42 Å². The molecule has 0 atom stereocenters. The molecule has 0 unspecified atom stereocenters. The molecule has 3 aromatic rings. The molecule has 0 aliphatic rings. The van der Waals surface area contributed by atoms with E-state index in [1.54, 1.807) is 12.3 Å². The minimum Gasteiger partial charge on any atom is -0.342 e. The molecule has 0 amide bonds. The molecule has 1 aromatic heterocycles. The lowest BCUT2D eigenvalue weighted by atomic mass is 10.1. The molecule has 0 spiro atoms. The Labute approximate surface area is 133 Å². The molecule has 0 fully saturated rings. The van der Waals surface area contributed by atoms with Gasteiger partial charge in [0.25, 0.3) is 0 Å². The zero-order valence-corrected chi connectivity index (χ0v) is 13.0. The highest BCUT2D eigenvalue weighted by Gasteiger charge is 2.08. The molecule has 21 heavy (non-hydrogen) atoms. The molecular weight excluding hydrogens is 303 g/mol. The van der Waals surface area contributed by atoms with Crippen LogP contribution in [0.15, 0.2) is 48.7 Å². The van der Waals surface area contributed by atoms with Gasteiger partial charge in [0.05, 0.1) is 16.9 Å². The Morgan fingerprint density at radius 1 is 1.05 bits per heavy atom. The van der Waals surface area contributed by atoms with Gasteiger partial charge in [-0.15, -0.1) is 0 Å². The van der Waals surface area contributed by atoms with Gasteiger partial charge in [0.1, 0.15) is 5.82 Å². The molecule has 4 heteroatoms. The second-order valence-corrected chi connectivity index (χ2v) is 5.87. The van der Waals surface area contributed by atoms with E-state index in [1.807, 2.05) is 12.1 Å². The summed E-state index contributed by atoms with van der Waals surface area (Å²) in [5, 5.41) is 1.25. The number of rotatable bonds is 3. The fraction of sp³-hybridized carbons (Fsp3) is 0.118. The van der Waals surface area contributed by atoms with E-state index in [0.717, 1.165) is 23.5 Å². The Morgan fingerprint density at radius 3 is 2.52 bits per heavy atom. The molecule has 0 aliphatic heterocycles. The largest absolute Gasteiger partial charge is 0.342 e. The Kier molecular flexibility index (Phi) is 4.00. The minimum atomic E-state index is 0.619. The fourth-order valence-corrected chi connectivity index (χ4v) is 2.71. The summed E-state index contributed by atoms with van der Waals surface area (Å²) < 4.78 is 0. The van der Waals surface area contributed by atoms with Crippen LogP contribution in [0, 0.1) is 6.92 Å². The van der Waals surface area contributed by atoms with E-state index in [0.29, 0.717) is 10.0 Å². The first-order valence-electron chi connectivity index (χ1n) is 6.66. The van der Waals surface area contributed by atoms with Crippen LogP contribution in [-0.4, -0.2) is 9.97 Å². The van der Waals surface area contributed by atoms with E-state index < -0.39 is 0 Å². The quantitative estimate of drug-likeness (QED) is 0.699. The number of hydrogen-bond donors (Lipinski definition) is 1. The van der Waals surface area contributed by atoms with Crippen LogP contribution in [0.5, 0.6) is 0 Å². The van der Waals surface area contributed by atoms with Gasteiger partial charge in [-0.1, -0.05) is 53.0 Å². The van der Waals surface area contributed by atoms with Crippen molar-refractivity contribution in [3.63, 3.8) is 0 Å². The molecule has 0 bridgehead atoms. The van der Waals surface area contributed by atoms with E-state index in [9.17, 15) is 0 Å². The molecule has 2 nitrogen and oxygen atoms in total. The van der Waals surface area contributed by atoms with Gasteiger partial charge < -0.3 is 4.98 Å².